The Kier molecular flexibility index (Phi) is 6.15. The van der Waals surface area contributed by atoms with E-state index in [4.69, 9.17) is 0 Å². The second kappa shape index (κ2) is 8.32. The van der Waals surface area contributed by atoms with Crippen LogP contribution in [0.3, 0.4) is 0 Å². The molecular weight excluding hydrogens is 286 g/mol. The number of anilines is 2. The molecule has 0 aliphatic heterocycles. The van der Waals surface area contributed by atoms with E-state index in [1.165, 1.54) is 0 Å². The van der Waals surface area contributed by atoms with Gasteiger partial charge in [-0.05, 0) is 37.6 Å². The number of hydrogen-bond donors (Lipinski definition) is 0. The van der Waals surface area contributed by atoms with Crippen molar-refractivity contribution in [3.8, 4) is 0 Å². The zero-order valence-corrected chi connectivity index (χ0v) is 14.2. The lowest BCUT2D eigenvalue weighted by Gasteiger charge is -2.22. The molecule has 0 N–H and O–H groups in total. The smallest absolute Gasteiger partial charge is 0.255 e. The zero-order chi connectivity index (χ0) is 16.7. The minimum absolute atomic E-state index is 0.0280. The molecule has 0 bridgehead atoms. The predicted octanol–water partition coefficient (Wildman–Crippen LogP) is 4.11. The molecule has 1 heterocycles. The molecule has 0 radical (unpaired) electrons. The highest BCUT2D eigenvalue weighted by molar-refractivity contribution is 5.94. The summed E-state index contributed by atoms with van der Waals surface area (Å²) in [4.78, 5) is 20.7. The van der Waals surface area contributed by atoms with Gasteiger partial charge < -0.3 is 9.80 Å². The normalized spacial score (nSPS) is 10.4. The number of nitrogens with zero attached hydrogens (tertiary/aromatic N) is 3. The summed E-state index contributed by atoms with van der Waals surface area (Å²) in [6.45, 7) is 5.81. The molecule has 1 aromatic heterocycles. The number of rotatable bonds is 7. The summed E-state index contributed by atoms with van der Waals surface area (Å²) in [5.74, 6) is 0.881. The molecule has 23 heavy (non-hydrogen) atoms. The maximum atomic E-state index is 12.3. The zero-order valence-electron chi connectivity index (χ0n) is 14.2. The number of carbonyl (C=O) groups excluding carboxylic acids is 1. The highest BCUT2D eigenvalue weighted by Crippen LogP contribution is 2.22. The first-order valence-electron chi connectivity index (χ1n) is 8.21. The van der Waals surface area contributed by atoms with Crippen LogP contribution in [0.5, 0.6) is 0 Å². The molecule has 4 nitrogen and oxygen atoms in total. The van der Waals surface area contributed by atoms with Gasteiger partial charge in [0.1, 0.15) is 5.82 Å². The molecule has 2 rings (SSSR count). The minimum atomic E-state index is 0.0280. The highest BCUT2D eigenvalue weighted by Gasteiger charge is 2.13. The fourth-order valence-corrected chi connectivity index (χ4v) is 2.47. The number of unbranched alkanes of at least 4 members (excludes halogenated alkanes) is 1. The first kappa shape index (κ1) is 17.0. The molecule has 0 fully saturated rings. The summed E-state index contributed by atoms with van der Waals surface area (Å²) in [7, 11) is 1.84. The van der Waals surface area contributed by atoms with Crippen LogP contribution in [0.1, 0.15) is 37.0 Å². The van der Waals surface area contributed by atoms with Crippen molar-refractivity contribution in [2.75, 3.05) is 25.0 Å². The van der Waals surface area contributed by atoms with Crippen molar-refractivity contribution >= 4 is 17.4 Å². The highest BCUT2D eigenvalue weighted by atomic mass is 16.2. The molecule has 122 valence electrons. The molecule has 0 saturated carbocycles. The second-order valence-electron chi connectivity index (χ2n) is 5.57. The van der Waals surface area contributed by atoms with Gasteiger partial charge >= 0.3 is 0 Å². The molecule has 0 aliphatic carbocycles. The Labute approximate surface area is 138 Å². The SMILES string of the molecule is CCCCN(C)C(=O)c1ccc(N(CC)c2ccccc2)nc1. The third-order valence-corrected chi connectivity index (χ3v) is 3.85. The lowest BCUT2D eigenvalue weighted by Crippen LogP contribution is -2.28. The van der Waals surface area contributed by atoms with E-state index in [1.807, 2.05) is 37.4 Å². The van der Waals surface area contributed by atoms with Crippen LogP contribution in [0.25, 0.3) is 0 Å². The van der Waals surface area contributed by atoms with E-state index in [9.17, 15) is 4.79 Å². The number of benzene rings is 1. The largest absolute Gasteiger partial charge is 0.342 e. The Morgan fingerprint density at radius 2 is 1.83 bits per heavy atom. The van der Waals surface area contributed by atoms with E-state index in [0.717, 1.165) is 37.4 Å². The molecule has 0 aliphatic rings. The summed E-state index contributed by atoms with van der Waals surface area (Å²) < 4.78 is 0. The Hall–Kier alpha value is -2.36. The van der Waals surface area contributed by atoms with Gasteiger partial charge in [0.15, 0.2) is 0 Å². The van der Waals surface area contributed by atoms with Crippen LogP contribution < -0.4 is 4.90 Å². The maximum absolute atomic E-state index is 12.3. The number of carbonyl (C=O) groups is 1. The van der Waals surface area contributed by atoms with Gasteiger partial charge in [-0.3, -0.25) is 4.79 Å². The van der Waals surface area contributed by atoms with Crippen LogP contribution in [0.2, 0.25) is 0 Å². The molecule has 1 aromatic carbocycles. The summed E-state index contributed by atoms with van der Waals surface area (Å²) >= 11 is 0. The maximum Gasteiger partial charge on any atom is 0.255 e. The third kappa shape index (κ3) is 4.31. The van der Waals surface area contributed by atoms with Crippen molar-refractivity contribution in [3.05, 3.63) is 54.2 Å². The summed E-state index contributed by atoms with van der Waals surface area (Å²) in [5.41, 5.74) is 1.73. The number of para-hydroxylation sites is 1. The summed E-state index contributed by atoms with van der Waals surface area (Å²) in [6.07, 6.45) is 3.77. The average Bonchev–Trinajstić information content (AvgIpc) is 2.61. The first-order valence-corrected chi connectivity index (χ1v) is 8.21. The van der Waals surface area contributed by atoms with Crippen molar-refractivity contribution in [1.82, 2.24) is 9.88 Å². The molecule has 0 spiro atoms. The van der Waals surface area contributed by atoms with Crippen molar-refractivity contribution in [2.45, 2.75) is 26.7 Å². The van der Waals surface area contributed by atoms with Crippen LogP contribution in [0.15, 0.2) is 48.7 Å². The molecule has 0 atom stereocenters. The number of aromatic nitrogens is 1. The molecule has 1 amide bonds. The lowest BCUT2D eigenvalue weighted by molar-refractivity contribution is 0.0793. The van der Waals surface area contributed by atoms with Crippen LogP contribution in [-0.2, 0) is 0 Å². The van der Waals surface area contributed by atoms with Gasteiger partial charge in [-0.15, -0.1) is 0 Å². The predicted molar refractivity (Wildman–Crippen MR) is 95.2 cm³/mol. The fraction of sp³-hybridized carbons (Fsp3) is 0.368. The van der Waals surface area contributed by atoms with Crippen LogP contribution >= 0.6 is 0 Å². The molecular formula is C19H25N3O. The van der Waals surface area contributed by atoms with Gasteiger partial charge in [0.2, 0.25) is 0 Å². The van der Waals surface area contributed by atoms with Gasteiger partial charge in [-0.25, -0.2) is 4.98 Å². The standard InChI is InChI=1S/C19H25N3O/c1-4-6-14-21(3)19(23)16-12-13-18(20-15-16)22(5-2)17-10-8-7-9-11-17/h7-13,15H,4-6,14H2,1-3H3. The molecule has 4 heteroatoms. The topological polar surface area (TPSA) is 36.4 Å². The van der Waals surface area contributed by atoms with Crippen molar-refractivity contribution in [1.29, 1.82) is 0 Å². The number of hydrogen-bond acceptors (Lipinski definition) is 3. The lowest BCUT2D eigenvalue weighted by atomic mass is 10.2. The van der Waals surface area contributed by atoms with E-state index in [2.05, 4.69) is 35.9 Å². The Morgan fingerprint density at radius 3 is 2.39 bits per heavy atom. The van der Waals surface area contributed by atoms with Gasteiger partial charge in [0.05, 0.1) is 5.56 Å². The second-order valence-corrected chi connectivity index (χ2v) is 5.57. The van der Waals surface area contributed by atoms with Gasteiger partial charge in [0, 0.05) is 32.0 Å². The van der Waals surface area contributed by atoms with Gasteiger partial charge in [-0.2, -0.15) is 0 Å². The van der Waals surface area contributed by atoms with Crippen molar-refractivity contribution in [3.63, 3.8) is 0 Å². The molecule has 0 unspecified atom stereocenters. The van der Waals surface area contributed by atoms with Gasteiger partial charge in [-0.1, -0.05) is 31.5 Å². The molecule has 0 saturated heterocycles. The van der Waals surface area contributed by atoms with Crippen molar-refractivity contribution < 1.29 is 4.79 Å². The van der Waals surface area contributed by atoms with Gasteiger partial charge in [0.25, 0.3) is 5.91 Å². The van der Waals surface area contributed by atoms with E-state index in [-0.39, 0.29) is 5.91 Å². The van der Waals surface area contributed by atoms with E-state index in [1.54, 1.807) is 11.1 Å². The number of amides is 1. The van der Waals surface area contributed by atoms with Crippen LogP contribution in [-0.4, -0.2) is 35.9 Å². The summed E-state index contributed by atoms with van der Waals surface area (Å²) in [5, 5.41) is 0. The first-order chi connectivity index (χ1) is 11.2. The monoisotopic (exact) mass is 311 g/mol. The van der Waals surface area contributed by atoms with Crippen molar-refractivity contribution in [2.24, 2.45) is 0 Å². The fourth-order valence-electron chi connectivity index (χ4n) is 2.47. The van der Waals surface area contributed by atoms with E-state index >= 15 is 0 Å². The minimum Gasteiger partial charge on any atom is -0.342 e. The quantitative estimate of drug-likeness (QED) is 0.772. The third-order valence-electron chi connectivity index (χ3n) is 3.85. The Morgan fingerprint density at radius 1 is 1.09 bits per heavy atom. The Bertz CT molecular complexity index is 610. The van der Waals surface area contributed by atoms with Crippen LogP contribution in [0.4, 0.5) is 11.5 Å². The summed E-state index contributed by atoms with van der Waals surface area (Å²) in [6, 6.07) is 13.9. The van der Waals surface area contributed by atoms with E-state index in [0.29, 0.717) is 5.56 Å². The Balaban J connectivity index is 2.13. The average molecular weight is 311 g/mol. The van der Waals surface area contributed by atoms with E-state index < -0.39 is 0 Å². The number of pyridine rings is 1. The molecule has 2 aromatic rings. The van der Waals surface area contributed by atoms with Crippen LogP contribution in [0, 0.1) is 0 Å².